The Kier molecular flexibility index (Phi) is 6.80. The van der Waals surface area contributed by atoms with Crippen LogP contribution < -0.4 is 0 Å². The Morgan fingerprint density at radius 3 is 2.52 bits per heavy atom. The van der Waals surface area contributed by atoms with E-state index >= 15 is 0 Å². The van der Waals surface area contributed by atoms with Gasteiger partial charge in [0.25, 0.3) is 0 Å². The molecule has 164 valence electrons. The molecule has 29 heavy (non-hydrogen) atoms. The molecule has 2 saturated heterocycles. The SMILES string of the molecule is CO[C@H]1O[C@@H]2COC(c3ccccc3)O[C@H]2[C@H](O)[C@H]1OS(=O)(=O)OCC(F)(F)F. The van der Waals surface area contributed by atoms with Crippen molar-refractivity contribution in [1.82, 2.24) is 0 Å². The zero-order valence-electron chi connectivity index (χ0n) is 15.0. The maximum absolute atomic E-state index is 12.2. The van der Waals surface area contributed by atoms with Gasteiger partial charge in [0, 0.05) is 12.7 Å². The second kappa shape index (κ2) is 8.81. The van der Waals surface area contributed by atoms with E-state index in [2.05, 4.69) is 8.37 Å². The number of rotatable bonds is 6. The van der Waals surface area contributed by atoms with Crippen molar-refractivity contribution in [3.05, 3.63) is 35.9 Å². The van der Waals surface area contributed by atoms with Gasteiger partial charge in [-0.15, -0.1) is 0 Å². The van der Waals surface area contributed by atoms with E-state index < -0.39 is 60.2 Å². The molecule has 1 aromatic carbocycles. The van der Waals surface area contributed by atoms with Gasteiger partial charge in [0.2, 0.25) is 0 Å². The lowest BCUT2D eigenvalue weighted by atomic mass is 9.98. The van der Waals surface area contributed by atoms with Crippen molar-refractivity contribution in [1.29, 1.82) is 0 Å². The zero-order chi connectivity index (χ0) is 21.2. The second-order valence-electron chi connectivity index (χ2n) is 6.29. The summed E-state index contributed by atoms with van der Waals surface area (Å²) in [6.07, 6.45) is -12.5. The predicted molar refractivity (Wildman–Crippen MR) is 87.5 cm³/mol. The molecule has 0 amide bonds. The van der Waals surface area contributed by atoms with E-state index in [0.717, 1.165) is 7.11 Å². The summed E-state index contributed by atoms with van der Waals surface area (Å²) in [4.78, 5) is 0. The van der Waals surface area contributed by atoms with Crippen molar-refractivity contribution in [3.8, 4) is 0 Å². The first-order chi connectivity index (χ1) is 13.6. The summed E-state index contributed by atoms with van der Waals surface area (Å²) in [6.45, 7) is -2.09. The minimum absolute atomic E-state index is 0.00874. The molecule has 0 aromatic heterocycles. The van der Waals surface area contributed by atoms with E-state index in [1.807, 2.05) is 0 Å². The van der Waals surface area contributed by atoms with Crippen LogP contribution in [0.2, 0.25) is 0 Å². The molecule has 1 unspecified atom stereocenters. The van der Waals surface area contributed by atoms with Crippen molar-refractivity contribution in [2.24, 2.45) is 0 Å². The summed E-state index contributed by atoms with van der Waals surface area (Å²) in [5, 5.41) is 10.6. The minimum Gasteiger partial charge on any atom is -0.387 e. The molecular formula is C16H19F3O9S. The molecular weight excluding hydrogens is 425 g/mol. The van der Waals surface area contributed by atoms with Gasteiger partial charge in [-0.05, 0) is 0 Å². The third-order valence-corrected chi connectivity index (χ3v) is 5.07. The zero-order valence-corrected chi connectivity index (χ0v) is 15.8. The topological polar surface area (TPSA) is 110 Å². The lowest BCUT2D eigenvalue weighted by Crippen LogP contribution is -2.63. The summed E-state index contributed by atoms with van der Waals surface area (Å²) in [7, 11) is -3.97. The minimum atomic E-state index is -5.12. The van der Waals surface area contributed by atoms with Crippen LogP contribution in [-0.4, -0.2) is 70.7 Å². The molecule has 13 heteroatoms. The Morgan fingerprint density at radius 2 is 1.90 bits per heavy atom. The van der Waals surface area contributed by atoms with Gasteiger partial charge in [-0.3, -0.25) is 0 Å². The number of aliphatic hydroxyl groups is 1. The number of alkyl halides is 3. The molecule has 2 fully saturated rings. The van der Waals surface area contributed by atoms with Crippen LogP contribution in [0.3, 0.4) is 0 Å². The van der Waals surface area contributed by atoms with E-state index in [1.165, 1.54) is 0 Å². The Morgan fingerprint density at radius 1 is 1.21 bits per heavy atom. The normalized spacial score (nSPS) is 33.3. The summed E-state index contributed by atoms with van der Waals surface area (Å²) in [5.74, 6) is 0. The quantitative estimate of drug-likeness (QED) is 0.688. The van der Waals surface area contributed by atoms with Crippen LogP contribution in [0.1, 0.15) is 11.9 Å². The Hall–Kier alpha value is -1.32. The van der Waals surface area contributed by atoms with Crippen LogP contribution in [0.15, 0.2) is 30.3 Å². The Bertz CT molecular complexity index is 774. The van der Waals surface area contributed by atoms with Crippen molar-refractivity contribution in [2.45, 2.75) is 43.2 Å². The highest BCUT2D eigenvalue weighted by Gasteiger charge is 2.52. The van der Waals surface area contributed by atoms with Gasteiger partial charge in [-0.2, -0.15) is 21.6 Å². The molecule has 0 bridgehead atoms. The number of fused-ring (bicyclic) bond motifs is 1. The number of hydrogen-bond donors (Lipinski definition) is 1. The molecule has 6 atom stereocenters. The number of halogens is 3. The molecule has 3 rings (SSSR count). The van der Waals surface area contributed by atoms with Crippen molar-refractivity contribution in [2.75, 3.05) is 20.3 Å². The van der Waals surface area contributed by atoms with Gasteiger partial charge in [0.05, 0.1) is 6.61 Å². The fourth-order valence-electron chi connectivity index (χ4n) is 2.94. The first-order valence-corrected chi connectivity index (χ1v) is 9.76. The van der Waals surface area contributed by atoms with Gasteiger partial charge in [0.15, 0.2) is 25.3 Å². The van der Waals surface area contributed by atoms with Gasteiger partial charge in [-0.25, -0.2) is 8.37 Å². The van der Waals surface area contributed by atoms with Crippen LogP contribution in [0.25, 0.3) is 0 Å². The van der Waals surface area contributed by atoms with Gasteiger partial charge in [0.1, 0.15) is 18.3 Å². The molecule has 1 N–H and O–H groups in total. The van der Waals surface area contributed by atoms with Crippen LogP contribution in [0.4, 0.5) is 13.2 Å². The molecule has 2 aliphatic heterocycles. The molecule has 0 aliphatic carbocycles. The van der Waals surface area contributed by atoms with Gasteiger partial charge >= 0.3 is 16.6 Å². The lowest BCUT2D eigenvalue weighted by Gasteiger charge is -2.46. The van der Waals surface area contributed by atoms with Crippen molar-refractivity contribution in [3.63, 3.8) is 0 Å². The number of aliphatic hydroxyl groups excluding tert-OH is 1. The number of ether oxygens (including phenoxy) is 4. The van der Waals surface area contributed by atoms with Gasteiger partial charge < -0.3 is 24.1 Å². The predicted octanol–water partition coefficient (Wildman–Crippen LogP) is 1.04. The fourth-order valence-corrected chi connectivity index (χ4v) is 3.75. The smallest absolute Gasteiger partial charge is 0.387 e. The average Bonchev–Trinajstić information content (AvgIpc) is 2.68. The summed E-state index contributed by atoms with van der Waals surface area (Å²) < 4.78 is 90.4. The van der Waals surface area contributed by atoms with Crippen LogP contribution in [0.5, 0.6) is 0 Å². The van der Waals surface area contributed by atoms with E-state index in [1.54, 1.807) is 30.3 Å². The molecule has 0 spiro atoms. The Labute approximate surface area is 164 Å². The number of hydrogen-bond acceptors (Lipinski definition) is 9. The van der Waals surface area contributed by atoms with Crippen LogP contribution in [-0.2, 0) is 37.7 Å². The first-order valence-electron chi connectivity index (χ1n) is 8.42. The van der Waals surface area contributed by atoms with E-state index in [4.69, 9.17) is 18.9 Å². The second-order valence-corrected chi connectivity index (χ2v) is 7.54. The molecule has 0 saturated carbocycles. The largest absolute Gasteiger partial charge is 0.413 e. The maximum Gasteiger partial charge on any atom is 0.413 e. The number of benzene rings is 1. The molecule has 1 aromatic rings. The van der Waals surface area contributed by atoms with Crippen LogP contribution >= 0.6 is 0 Å². The fraction of sp³-hybridized carbons (Fsp3) is 0.625. The van der Waals surface area contributed by atoms with Gasteiger partial charge in [-0.1, -0.05) is 30.3 Å². The highest BCUT2D eigenvalue weighted by Crippen LogP contribution is 2.35. The van der Waals surface area contributed by atoms with E-state index in [-0.39, 0.29) is 6.61 Å². The molecule has 2 aliphatic rings. The van der Waals surface area contributed by atoms with Crippen molar-refractivity contribution >= 4 is 10.4 Å². The first kappa shape index (κ1) is 22.4. The molecule has 2 heterocycles. The highest BCUT2D eigenvalue weighted by atomic mass is 32.3. The third-order valence-electron chi connectivity index (χ3n) is 4.21. The monoisotopic (exact) mass is 444 g/mol. The van der Waals surface area contributed by atoms with E-state index in [9.17, 15) is 26.7 Å². The lowest BCUT2D eigenvalue weighted by molar-refractivity contribution is -0.355. The summed E-state index contributed by atoms with van der Waals surface area (Å²) in [6, 6.07) is 8.73. The molecule has 9 nitrogen and oxygen atoms in total. The highest BCUT2D eigenvalue weighted by molar-refractivity contribution is 7.81. The van der Waals surface area contributed by atoms with Crippen molar-refractivity contribution < 1.29 is 54.0 Å². The maximum atomic E-state index is 12.2. The summed E-state index contributed by atoms with van der Waals surface area (Å²) in [5.41, 5.74) is 0.644. The van der Waals surface area contributed by atoms with E-state index in [0.29, 0.717) is 5.56 Å². The summed E-state index contributed by atoms with van der Waals surface area (Å²) >= 11 is 0. The molecule has 0 radical (unpaired) electrons. The average molecular weight is 444 g/mol. The Balaban J connectivity index is 1.73. The standard InChI is InChI=1S/C16H19F3O9S/c1-23-15-13(28-29(21,22)25-8-16(17,18)19)11(20)12-10(26-15)7-24-14(27-12)9-5-3-2-4-6-9/h2-6,10-15,20H,7-8H2,1H3/t10-,11+,12-,13-,14?,15+/m1/s1. The van der Waals surface area contributed by atoms with Crippen LogP contribution in [0, 0.1) is 0 Å². The third kappa shape index (κ3) is 5.64. The number of methoxy groups -OCH3 is 1.